The van der Waals surface area contributed by atoms with Crippen LogP contribution in [0.2, 0.25) is 0 Å². The van der Waals surface area contributed by atoms with E-state index in [1.165, 1.54) is 12.8 Å². The van der Waals surface area contributed by atoms with Gasteiger partial charge in [-0.3, -0.25) is 0 Å². The van der Waals surface area contributed by atoms with Crippen LogP contribution in [-0.2, 0) is 6.54 Å². The number of rotatable bonds is 6. The van der Waals surface area contributed by atoms with E-state index in [0.717, 1.165) is 55.4 Å². The number of hydrogen-bond acceptors (Lipinski definition) is 4. The Bertz CT molecular complexity index is 620. The van der Waals surface area contributed by atoms with Crippen LogP contribution < -0.4 is 14.8 Å². The second kappa shape index (κ2) is 10.9. The van der Waals surface area contributed by atoms with E-state index in [4.69, 9.17) is 14.5 Å². The highest BCUT2D eigenvalue weighted by Crippen LogP contribution is 2.30. The molecule has 6 nitrogen and oxygen atoms in total. The van der Waals surface area contributed by atoms with E-state index in [2.05, 4.69) is 17.1 Å². The summed E-state index contributed by atoms with van der Waals surface area (Å²) in [6.45, 7) is 4.88. The molecule has 3 rings (SSSR count). The molecule has 1 aromatic rings. The van der Waals surface area contributed by atoms with Crippen molar-refractivity contribution in [1.82, 2.24) is 10.2 Å². The van der Waals surface area contributed by atoms with E-state index in [-0.39, 0.29) is 30.1 Å². The van der Waals surface area contributed by atoms with Gasteiger partial charge in [-0.15, -0.1) is 24.0 Å². The number of likely N-dealkylation sites (tertiary alicyclic amines) is 1. The fourth-order valence-corrected chi connectivity index (χ4v) is 3.61. The van der Waals surface area contributed by atoms with E-state index >= 15 is 0 Å². The van der Waals surface area contributed by atoms with Crippen molar-refractivity contribution in [2.24, 2.45) is 4.99 Å². The highest BCUT2D eigenvalue weighted by Gasteiger charge is 2.23. The molecule has 152 valence electrons. The Hall–Kier alpha value is -1.22. The molecule has 27 heavy (non-hydrogen) atoms. The number of nitrogens with one attached hydrogen (secondary N) is 1. The van der Waals surface area contributed by atoms with Gasteiger partial charge in [-0.1, -0.05) is 0 Å². The smallest absolute Gasteiger partial charge is 0.194 e. The highest BCUT2D eigenvalue weighted by atomic mass is 127. The van der Waals surface area contributed by atoms with Crippen LogP contribution in [0.15, 0.2) is 23.2 Å². The minimum Gasteiger partial charge on any atom is -0.497 e. The van der Waals surface area contributed by atoms with E-state index in [1.54, 1.807) is 7.11 Å². The molecule has 1 saturated carbocycles. The van der Waals surface area contributed by atoms with Gasteiger partial charge in [0.1, 0.15) is 11.5 Å². The zero-order chi connectivity index (χ0) is 18.4. The number of methoxy groups -OCH3 is 1. The van der Waals surface area contributed by atoms with E-state index in [9.17, 15) is 5.11 Å². The first-order chi connectivity index (χ1) is 12.7. The number of benzene rings is 1. The molecule has 1 saturated heterocycles. The summed E-state index contributed by atoms with van der Waals surface area (Å²) < 4.78 is 11.6. The number of ether oxygens (including phenoxy) is 2. The number of aliphatic hydroxyl groups is 1. The van der Waals surface area contributed by atoms with Gasteiger partial charge in [-0.25, -0.2) is 4.99 Å². The highest BCUT2D eigenvalue weighted by molar-refractivity contribution is 14.0. The molecule has 1 heterocycles. The van der Waals surface area contributed by atoms with Crippen LogP contribution in [0.3, 0.4) is 0 Å². The molecular weight excluding hydrogens is 457 g/mol. The second-order valence-corrected chi connectivity index (χ2v) is 7.06. The number of guanidine groups is 1. The molecule has 2 fully saturated rings. The van der Waals surface area contributed by atoms with Gasteiger partial charge in [-0.2, -0.15) is 0 Å². The van der Waals surface area contributed by atoms with Crippen molar-refractivity contribution >= 4 is 29.9 Å². The van der Waals surface area contributed by atoms with Crippen molar-refractivity contribution in [1.29, 1.82) is 0 Å². The maximum atomic E-state index is 9.80. The first-order valence-electron chi connectivity index (χ1n) is 9.74. The van der Waals surface area contributed by atoms with Crippen molar-refractivity contribution in [2.75, 3.05) is 26.7 Å². The van der Waals surface area contributed by atoms with Crippen molar-refractivity contribution in [3.05, 3.63) is 23.8 Å². The van der Waals surface area contributed by atoms with Gasteiger partial charge in [0.2, 0.25) is 0 Å². The minimum atomic E-state index is -0.263. The summed E-state index contributed by atoms with van der Waals surface area (Å²) in [7, 11) is 1.68. The predicted molar refractivity (Wildman–Crippen MR) is 118 cm³/mol. The first-order valence-corrected chi connectivity index (χ1v) is 9.74. The second-order valence-electron chi connectivity index (χ2n) is 7.06. The third-order valence-corrected chi connectivity index (χ3v) is 5.07. The molecule has 2 aliphatic rings. The Kier molecular flexibility index (Phi) is 8.95. The SMILES string of the molecule is CCNC(=NCc1ccc(OC)cc1OC1CCCC1)N1CC[C@@H](O)C1.I. The molecule has 0 radical (unpaired) electrons. The van der Waals surface area contributed by atoms with Crippen LogP contribution in [0.4, 0.5) is 0 Å². The molecular formula is C20H32IN3O3. The molecule has 1 aliphatic carbocycles. The normalized spacial score (nSPS) is 20.5. The zero-order valence-corrected chi connectivity index (χ0v) is 18.6. The quantitative estimate of drug-likeness (QED) is 0.365. The molecule has 2 N–H and O–H groups in total. The van der Waals surface area contributed by atoms with Crippen molar-refractivity contribution in [3.63, 3.8) is 0 Å². The van der Waals surface area contributed by atoms with E-state index < -0.39 is 0 Å². The monoisotopic (exact) mass is 489 g/mol. The van der Waals surface area contributed by atoms with Crippen molar-refractivity contribution in [2.45, 2.75) is 57.8 Å². The third-order valence-electron chi connectivity index (χ3n) is 5.07. The summed E-state index contributed by atoms with van der Waals surface area (Å²) in [5.74, 6) is 2.53. The van der Waals surface area contributed by atoms with Gasteiger partial charge >= 0.3 is 0 Å². The van der Waals surface area contributed by atoms with E-state index in [0.29, 0.717) is 19.2 Å². The lowest BCUT2D eigenvalue weighted by atomic mass is 10.2. The number of nitrogens with zero attached hydrogens (tertiary/aromatic N) is 2. The molecule has 0 amide bonds. The Morgan fingerprint density at radius 2 is 2.07 bits per heavy atom. The molecule has 0 aromatic heterocycles. The van der Waals surface area contributed by atoms with Crippen LogP contribution in [0.5, 0.6) is 11.5 Å². The van der Waals surface area contributed by atoms with Crippen molar-refractivity contribution < 1.29 is 14.6 Å². The van der Waals surface area contributed by atoms with Gasteiger partial charge < -0.3 is 24.8 Å². The number of aliphatic hydroxyl groups excluding tert-OH is 1. The summed E-state index contributed by atoms with van der Waals surface area (Å²) in [4.78, 5) is 6.91. The summed E-state index contributed by atoms with van der Waals surface area (Å²) >= 11 is 0. The molecule has 1 aromatic carbocycles. The molecule has 0 spiro atoms. The lowest BCUT2D eigenvalue weighted by Crippen LogP contribution is -2.40. The van der Waals surface area contributed by atoms with Gasteiger partial charge in [0.15, 0.2) is 5.96 Å². The topological polar surface area (TPSA) is 66.3 Å². The average Bonchev–Trinajstić information content (AvgIpc) is 3.31. The summed E-state index contributed by atoms with van der Waals surface area (Å²) in [6, 6.07) is 5.96. The molecule has 7 heteroatoms. The lowest BCUT2D eigenvalue weighted by molar-refractivity contribution is 0.187. The Morgan fingerprint density at radius 1 is 1.30 bits per heavy atom. The number of halogens is 1. The molecule has 0 unspecified atom stereocenters. The Balaban J connectivity index is 0.00000261. The Morgan fingerprint density at radius 3 is 2.70 bits per heavy atom. The zero-order valence-electron chi connectivity index (χ0n) is 16.3. The Labute approximate surface area is 179 Å². The van der Waals surface area contributed by atoms with E-state index in [1.807, 2.05) is 18.2 Å². The van der Waals surface area contributed by atoms with Crippen molar-refractivity contribution in [3.8, 4) is 11.5 Å². The lowest BCUT2D eigenvalue weighted by Gasteiger charge is -2.21. The maximum Gasteiger partial charge on any atom is 0.194 e. The van der Waals surface area contributed by atoms with Crippen LogP contribution in [-0.4, -0.2) is 54.9 Å². The predicted octanol–water partition coefficient (Wildman–Crippen LogP) is 3.17. The summed E-state index contributed by atoms with van der Waals surface area (Å²) in [6.07, 6.45) is 5.55. The molecule has 1 atom stereocenters. The fourth-order valence-electron chi connectivity index (χ4n) is 3.61. The first kappa shape index (κ1) is 22.1. The summed E-state index contributed by atoms with van der Waals surface area (Å²) in [5.41, 5.74) is 1.06. The number of aliphatic imine (C=N–C) groups is 1. The standard InChI is InChI=1S/C20H31N3O3.HI/c1-3-21-20(23-11-10-16(24)14-23)22-13-15-8-9-18(25-2)12-19(15)26-17-6-4-5-7-17;/h8-9,12,16-17,24H,3-7,10-11,13-14H2,1-2H3,(H,21,22);1H/t16-;/m1./s1. The van der Waals surface area contributed by atoms with Crippen LogP contribution in [0.25, 0.3) is 0 Å². The largest absolute Gasteiger partial charge is 0.497 e. The molecule has 0 bridgehead atoms. The maximum absolute atomic E-state index is 9.80. The van der Waals surface area contributed by atoms with Crippen LogP contribution >= 0.6 is 24.0 Å². The third kappa shape index (κ3) is 6.14. The summed E-state index contributed by atoms with van der Waals surface area (Å²) in [5, 5.41) is 13.1. The fraction of sp³-hybridized carbons (Fsp3) is 0.650. The average molecular weight is 489 g/mol. The number of hydrogen-bond donors (Lipinski definition) is 2. The van der Waals surface area contributed by atoms with Gasteiger partial charge in [-0.05, 0) is 51.2 Å². The van der Waals surface area contributed by atoms with Crippen LogP contribution in [0, 0.1) is 0 Å². The van der Waals surface area contributed by atoms with Crippen LogP contribution in [0.1, 0.15) is 44.6 Å². The van der Waals surface area contributed by atoms with Gasteiger partial charge in [0, 0.05) is 31.3 Å². The van der Waals surface area contributed by atoms with Gasteiger partial charge in [0.25, 0.3) is 0 Å². The van der Waals surface area contributed by atoms with Gasteiger partial charge in [0.05, 0.1) is 25.9 Å². The number of β-amino-alcohol motifs (C(OH)–C–C–N with tert-alkyl or cyclic N) is 1. The minimum absolute atomic E-state index is 0. The molecule has 1 aliphatic heterocycles.